The first-order valence-corrected chi connectivity index (χ1v) is 17.5. The van der Waals surface area contributed by atoms with Gasteiger partial charge in [0.2, 0.25) is 18.5 Å². The van der Waals surface area contributed by atoms with Gasteiger partial charge in [0.05, 0.1) is 20.0 Å². The Morgan fingerprint density at radius 1 is 0.978 bits per heavy atom. The normalized spacial score (nSPS) is 18.4. The van der Waals surface area contributed by atoms with E-state index in [4.69, 9.17) is 33.7 Å². The van der Waals surface area contributed by atoms with Gasteiger partial charge < -0.3 is 29.2 Å². The summed E-state index contributed by atoms with van der Waals surface area (Å²) in [6.45, 7) is 0.929. The highest BCUT2D eigenvalue weighted by Crippen LogP contribution is 2.54. The molecule has 3 aromatic rings. The molecule has 2 N–H and O–H groups in total. The number of carbonyl (C=O) groups is 2. The highest BCUT2D eigenvalue weighted by atomic mass is 32.2. The van der Waals surface area contributed by atoms with Crippen molar-refractivity contribution >= 4 is 49.4 Å². The lowest BCUT2D eigenvalue weighted by Gasteiger charge is -2.30. The van der Waals surface area contributed by atoms with Crippen molar-refractivity contribution in [3.8, 4) is 5.75 Å². The van der Waals surface area contributed by atoms with Gasteiger partial charge in [-0.25, -0.2) is 9.97 Å². The minimum absolute atomic E-state index is 0.0816. The number of carbonyl (C=O) groups excluding carboxylic acids is 2. The van der Waals surface area contributed by atoms with E-state index in [-0.39, 0.29) is 43.9 Å². The van der Waals surface area contributed by atoms with Crippen LogP contribution in [-0.4, -0.2) is 65.1 Å². The van der Waals surface area contributed by atoms with Crippen LogP contribution in [0.15, 0.2) is 40.5 Å². The van der Waals surface area contributed by atoms with Crippen molar-refractivity contribution in [1.29, 1.82) is 0 Å². The van der Waals surface area contributed by atoms with E-state index in [0.717, 1.165) is 62.0 Å². The number of ether oxygens (including phenoxy) is 4. The first kappa shape index (κ1) is 33.1. The molecule has 0 bridgehead atoms. The number of hydrogen-bond acceptors (Lipinski definition) is 14. The molecule has 0 aliphatic heterocycles. The van der Waals surface area contributed by atoms with E-state index in [0.29, 0.717) is 16.2 Å². The van der Waals surface area contributed by atoms with Crippen molar-refractivity contribution in [2.45, 2.75) is 80.4 Å². The van der Waals surface area contributed by atoms with E-state index in [1.807, 2.05) is 24.3 Å². The zero-order valence-electron chi connectivity index (χ0n) is 25.0. The van der Waals surface area contributed by atoms with Crippen LogP contribution in [0.5, 0.6) is 5.75 Å². The Morgan fingerprint density at radius 2 is 1.58 bits per heavy atom. The molecule has 2 aliphatic rings. The van der Waals surface area contributed by atoms with Crippen LogP contribution in [0.3, 0.4) is 0 Å². The summed E-state index contributed by atoms with van der Waals surface area (Å²) in [7, 11) is -2.48. The average molecular weight is 664 g/mol. The largest absolute Gasteiger partial charge is 0.497 e. The van der Waals surface area contributed by atoms with Gasteiger partial charge in [0.15, 0.2) is 5.65 Å². The molecule has 0 radical (unpaired) electrons. The molecule has 0 spiro atoms. The van der Waals surface area contributed by atoms with Crippen molar-refractivity contribution in [1.82, 2.24) is 19.5 Å². The summed E-state index contributed by atoms with van der Waals surface area (Å²) < 4.78 is 49.2. The molecule has 2 aliphatic carbocycles. The molecule has 0 amide bonds. The average Bonchev–Trinajstić information content (AvgIpc) is 3.83. The van der Waals surface area contributed by atoms with Crippen LogP contribution in [0.25, 0.3) is 11.2 Å². The third-order valence-electron chi connectivity index (χ3n) is 7.93. The molecule has 2 saturated carbocycles. The highest BCUT2D eigenvalue weighted by molar-refractivity contribution is 7.99. The maximum atomic E-state index is 14.1. The lowest BCUT2D eigenvalue weighted by atomic mass is 10.1. The summed E-state index contributed by atoms with van der Waals surface area (Å²) in [6, 6.07) is 7.54. The maximum Gasteiger partial charge on any atom is 0.362 e. The molecule has 0 saturated heterocycles. The van der Waals surface area contributed by atoms with Gasteiger partial charge in [0, 0.05) is 23.3 Å². The summed E-state index contributed by atoms with van der Waals surface area (Å²) >= 11 is 1.40. The fourth-order valence-corrected chi connectivity index (χ4v) is 8.15. The van der Waals surface area contributed by atoms with Crippen LogP contribution in [0.2, 0.25) is 0 Å². The number of imidazole rings is 1. The number of nitrogens with two attached hydrogens (primary N) is 1. The number of anilines is 1. The fraction of sp³-hybridized carbons (Fsp3) is 0.552. The van der Waals surface area contributed by atoms with Gasteiger partial charge in [0.25, 0.3) is 12.9 Å². The van der Waals surface area contributed by atoms with E-state index >= 15 is 0 Å². The van der Waals surface area contributed by atoms with E-state index in [2.05, 4.69) is 15.0 Å². The minimum Gasteiger partial charge on any atom is -0.497 e. The Bertz CT molecular complexity index is 1430. The van der Waals surface area contributed by atoms with Crippen LogP contribution in [-0.2, 0) is 44.0 Å². The van der Waals surface area contributed by atoms with Crippen molar-refractivity contribution in [2.24, 2.45) is 11.8 Å². The molecule has 2 aromatic heterocycles. The van der Waals surface area contributed by atoms with Gasteiger partial charge in [-0.1, -0.05) is 37.4 Å². The van der Waals surface area contributed by atoms with Crippen molar-refractivity contribution in [2.75, 3.05) is 25.8 Å². The molecule has 16 heteroatoms. The molecule has 45 heavy (non-hydrogen) atoms. The van der Waals surface area contributed by atoms with Crippen molar-refractivity contribution < 1.29 is 42.1 Å². The van der Waals surface area contributed by atoms with Crippen molar-refractivity contribution in [3.05, 3.63) is 30.6 Å². The number of fused-ring (bicyclic) bond motifs is 1. The molecule has 2 unspecified atom stereocenters. The fourth-order valence-electron chi connectivity index (χ4n) is 5.68. The SMILES string of the molecule is COc1ccc(Sc2nc(N)nc3c2ncn3CCOCP(=O)(OC(OC=O)C2CCCC2)OC(OC=O)C2CCCC2)cc1. The molecule has 5 rings (SSSR count). The van der Waals surface area contributed by atoms with Crippen LogP contribution < -0.4 is 10.5 Å². The summed E-state index contributed by atoms with van der Waals surface area (Å²) in [5.74, 6) is 0.577. The van der Waals surface area contributed by atoms with Gasteiger partial charge in [-0.05, 0) is 49.9 Å². The van der Waals surface area contributed by atoms with Crippen LogP contribution in [0.1, 0.15) is 51.4 Å². The van der Waals surface area contributed by atoms with Gasteiger partial charge in [0.1, 0.15) is 22.6 Å². The molecule has 2 atom stereocenters. The molecule has 2 heterocycles. The topological polar surface area (TPSA) is 176 Å². The highest BCUT2D eigenvalue weighted by Gasteiger charge is 2.41. The number of rotatable bonds is 18. The second-order valence-electron chi connectivity index (χ2n) is 10.9. The number of nitrogens with zero attached hydrogens (tertiary/aromatic N) is 4. The standard InChI is InChI=1S/C29H38N5O9PS/c1-38-22-10-12-23(13-11-22)45-26-24-25(32-29(30)33-26)34(16-31-24)14-15-39-19-44(37,42-27(40-17-35)20-6-2-3-7-20)43-28(41-18-36)21-8-4-5-9-21/h10-13,16-18,20-21,27-28H,2-9,14-15,19H2,1H3,(H2,30,32,33). The number of hydrogen-bond donors (Lipinski definition) is 1. The lowest BCUT2D eigenvalue weighted by molar-refractivity contribution is -0.167. The first-order chi connectivity index (χ1) is 21.9. The van der Waals surface area contributed by atoms with Gasteiger partial charge in [-0.15, -0.1) is 0 Å². The number of nitrogen functional groups attached to an aromatic ring is 1. The number of benzene rings is 1. The molecular weight excluding hydrogens is 625 g/mol. The summed E-state index contributed by atoms with van der Waals surface area (Å²) in [5.41, 5.74) is 7.12. The third kappa shape index (κ3) is 8.73. The molecule has 244 valence electrons. The third-order valence-corrected chi connectivity index (χ3v) is 10.5. The smallest absolute Gasteiger partial charge is 0.362 e. The van der Waals surface area contributed by atoms with Crippen LogP contribution in [0, 0.1) is 11.8 Å². The first-order valence-electron chi connectivity index (χ1n) is 14.9. The Morgan fingerprint density at radius 3 is 2.13 bits per heavy atom. The van der Waals surface area contributed by atoms with Gasteiger partial charge in [-0.3, -0.25) is 23.2 Å². The summed E-state index contributed by atoms with van der Waals surface area (Å²) in [6.07, 6.45) is 5.82. The van der Waals surface area contributed by atoms with Gasteiger partial charge >= 0.3 is 7.60 Å². The van der Waals surface area contributed by atoms with E-state index in [1.54, 1.807) is 18.0 Å². The van der Waals surface area contributed by atoms with E-state index in [9.17, 15) is 14.2 Å². The second-order valence-corrected chi connectivity index (χ2v) is 13.9. The summed E-state index contributed by atoms with van der Waals surface area (Å²) in [5, 5.41) is 0.593. The maximum absolute atomic E-state index is 14.1. The van der Waals surface area contributed by atoms with Crippen molar-refractivity contribution in [3.63, 3.8) is 0 Å². The summed E-state index contributed by atoms with van der Waals surface area (Å²) in [4.78, 5) is 36.8. The Kier molecular flexibility index (Phi) is 11.7. The van der Waals surface area contributed by atoms with Crippen LogP contribution >= 0.6 is 19.4 Å². The van der Waals surface area contributed by atoms with E-state index < -0.39 is 26.5 Å². The Balaban J connectivity index is 1.27. The zero-order chi connectivity index (χ0) is 31.6. The molecule has 14 nitrogen and oxygen atoms in total. The number of aromatic nitrogens is 4. The Labute approximate surface area is 265 Å². The molecule has 2 fully saturated rings. The van der Waals surface area contributed by atoms with Gasteiger partial charge in [-0.2, -0.15) is 4.98 Å². The minimum atomic E-state index is -4.08. The molecule has 1 aromatic carbocycles. The van der Waals surface area contributed by atoms with E-state index in [1.165, 1.54) is 11.8 Å². The lowest BCUT2D eigenvalue weighted by Crippen LogP contribution is -2.29. The van der Waals surface area contributed by atoms with Crippen LogP contribution in [0.4, 0.5) is 5.95 Å². The predicted molar refractivity (Wildman–Crippen MR) is 163 cm³/mol. The second kappa shape index (κ2) is 15.9. The quantitative estimate of drug-likeness (QED) is 0.0622. The zero-order valence-corrected chi connectivity index (χ0v) is 26.7. The monoisotopic (exact) mass is 663 g/mol. The molecular formula is C29H38N5O9PS. The predicted octanol–water partition coefficient (Wildman–Crippen LogP) is 5.15. The Hall–Kier alpha value is -3.23. The number of methoxy groups -OCH3 is 1.